The van der Waals surface area contributed by atoms with Gasteiger partial charge in [0, 0.05) is 6.54 Å². The standard InChI is InChI=1S/C13H18FNO2/c1-13(2,3)17-9-12(16)15-8-10-4-6-11(14)7-5-10/h4-7H,8-9H2,1-3H3,(H,15,16). The molecule has 0 radical (unpaired) electrons. The fraction of sp³-hybridized carbons (Fsp3) is 0.462. The van der Waals surface area contributed by atoms with Gasteiger partial charge >= 0.3 is 0 Å². The third-order valence-electron chi connectivity index (χ3n) is 2.04. The van der Waals surface area contributed by atoms with E-state index >= 15 is 0 Å². The van der Waals surface area contributed by atoms with Crippen LogP contribution in [0.3, 0.4) is 0 Å². The number of ether oxygens (including phenoxy) is 1. The molecule has 0 fully saturated rings. The van der Waals surface area contributed by atoms with E-state index in [0.717, 1.165) is 5.56 Å². The molecule has 0 aliphatic rings. The molecule has 0 saturated carbocycles. The Morgan fingerprint density at radius 3 is 2.41 bits per heavy atom. The Kier molecular flexibility index (Phi) is 4.63. The number of halogens is 1. The first-order valence-corrected chi connectivity index (χ1v) is 5.52. The van der Waals surface area contributed by atoms with Crippen LogP contribution in [0.1, 0.15) is 26.3 Å². The molecule has 1 amide bonds. The van der Waals surface area contributed by atoms with E-state index in [1.165, 1.54) is 12.1 Å². The number of hydrogen-bond donors (Lipinski definition) is 1. The van der Waals surface area contributed by atoms with E-state index in [4.69, 9.17) is 4.74 Å². The first kappa shape index (κ1) is 13.6. The monoisotopic (exact) mass is 239 g/mol. The molecule has 0 aromatic heterocycles. The van der Waals surface area contributed by atoms with Crippen molar-refractivity contribution in [2.75, 3.05) is 6.61 Å². The van der Waals surface area contributed by atoms with Crippen molar-refractivity contribution in [1.82, 2.24) is 5.32 Å². The summed E-state index contributed by atoms with van der Waals surface area (Å²) >= 11 is 0. The van der Waals surface area contributed by atoms with Crippen molar-refractivity contribution in [3.63, 3.8) is 0 Å². The van der Waals surface area contributed by atoms with Crippen molar-refractivity contribution in [2.45, 2.75) is 32.9 Å². The SMILES string of the molecule is CC(C)(C)OCC(=O)NCc1ccc(F)cc1. The molecule has 0 aliphatic heterocycles. The highest BCUT2D eigenvalue weighted by Crippen LogP contribution is 2.06. The van der Waals surface area contributed by atoms with Gasteiger partial charge in [-0.05, 0) is 38.5 Å². The van der Waals surface area contributed by atoms with Gasteiger partial charge in [0.2, 0.25) is 5.91 Å². The van der Waals surface area contributed by atoms with Crippen molar-refractivity contribution in [1.29, 1.82) is 0 Å². The fourth-order valence-electron chi connectivity index (χ4n) is 1.14. The zero-order valence-corrected chi connectivity index (χ0v) is 10.4. The summed E-state index contributed by atoms with van der Waals surface area (Å²) in [4.78, 5) is 11.4. The van der Waals surface area contributed by atoms with E-state index in [9.17, 15) is 9.18 Å². The highest BCUT2D eigenvalue weighted by molar-refractivity contribution is 5.77. The molecule has 0 spiro atoms. The van der Waals surface area contributed by atoms with Crippen molar-refractivity contribution >= 4 is 5.91 Å². The maximum Gasteiger partial charge on any atom is 0.246 e. The maximum atomic E-state index is 12.6. The van der Waals surface area contributed by atoms with Crippen LogP contribution in [0.5, 0.6) is 0 Å². The van der Waals surface area contributed by atoms with Crippen LogP contribution in [0.25, 0.3) is 0 Å². The highest BCUT2D eigenvalue weighted by atomic mass is 19.1. The van der Waals surface area contributed by atoms with Crippen molar-refractivity contribution < 1.29 is 13.9 Å². The van der Waals surface area contributed by atoms with Gasteiger partial charge in [-0.2, -0.15) is 0 Å². The van der Waals surface area contributed by atoms with E-state index < -0.39 is 0 Å². The minimum absolute atomic E-state index is 0.0324. The molecule has 3 nitrogen and oxygen atoms in total. The van der Waals surface area contributed by atoms with Crippen LogP contribution in [0, 0.1) is 5.82 Å². The van der Waals surface area contributed by atoms with Gasteiger partial charge in [0.05, 0.1) is 5.60 Å². The van der Waals surface area contributed by atoms with Gasteiger partial charge in [0.15, 0.2) is 0 Å². The Balaban J connectivity index is 2.31. The van der Waals surface area contributed by atoms with E-state index in [0.29, 0.717) is 6.54 Å². The molecule has 4 heteroatoms. The molecular weight excluding hydrogens is 221 g/mol. The molecule has 0 aliphatic carbocycles. The van der Waals surface area contributed by atoms with Crippen LogP contribution in [0.15, 0.2) is 24.3 Å². The molecule has 1 aromatic rings. The average molecular weight is 239 g/mol. The summed E-state index contributed by atoms with van der Waals surface area (Å²) < 4.78 is 18.0. The summed E-state index contributed by atoms with van der Waals surface area (Å²) in [5, 5.41) is 2.70. The van der Waals surface area contributed by atoms with Gasteiger partial charge in [-0.25, -0.2) is 4.39 Å². The van der Waals surface area contributed by atoms with Crippen LogP contribution in [-0.2, 0) is 16.1 Å². The summed E-state index contributed by atoms with van der Waals surface area (Å²) in [6.07, 6.45) is 0. The van der Waals surface area contributed by atoms with Gasteiger partial charge in [0.1, 0.15) is 12.4 Å². The van der Waals surface area contributed by atoms with E-state index in [1.807, 2.05) is 20.8 Å². The molecule has 0 saturated heterocycles. The number of hydrogen-bond acceptors (Lipinski definition) is 2. The van der Waals surface area contributed by atoms with Crippen molar-refractivity contribution in [3.05, 3.63) is 35.6 Å². The van der Waals surface area contributed by atoms with Gasteiger partial charge in [-0.15, -0.1) is 0 Å². The van der Waals surface area contributed by atoms with Gasteiger partial charge in [0.25, 0.3) is 0 Å². The summed E-state index contributed by atoms with van der Waals surface area (Å²) in [5.74, 6) is -0.458. The lowest BCUT2D eigenvalue weighted by molar-refractivity contribution is -0.130. The molecule has 17 heavy (non-hydrogen) atoms. The number of amides is 1. The Bertz CT molecular complexity index is 368. The normalized spacial score (nSPS) is 11.3. The largest absolute Gasteiger partial charge is 0.366 e. The van der Waals surface area contributed by atoms with Crippen molar-refractivity contribution in [2.24, 2.45) is 0 Å². The van der Waals surface area contributed by atoms with E-state index in [1.54, 1.807) is 12.1 Å². The van der Waals surface area contributed by atoms with Crippen molar-refractivity contribution in [3.8, 4) is 0 Å². The topological polar surface area (TPSA) is 38.3 Å². The molecule has 0 heterocycles. The Morgan fingerprint density at radius 1 is 1.29 bits per heavy atom. The van der Waals surface area contributed by atoms with Crippen LogP contribution in [0.4, 0.5) is 4.39 Å². The first-order chi connectivity index (χ1) is 7.87. The minimum atomic E-state index is -0.326. The number of nitrogens with one attached hydrogen (secondary N) is 1. The zero-order chi connectivity index (χ0) is 12.9. The fourth-order valence-corrected chi connectivity index (χ4v) is 1.14. The third kappa shape index (κ3) is 6.02. The molecule has 1 N–H and O–H groups in total. The minimum Gasteiger partial charge on any atom is -0.366 e. The average Bonchev–Trinajstić information content (AvgIpc) is 2.25. The van der Waals surface area contributed by atoms with Crippen LogP contribution < -0.4 is 5.32 Å². The Labute approximate surface area is 101 Å². The third-order valence-corrected chi connectivity index (χ3v) is 2.04. The number of carbonyl (C=O) groups is 1. The lowest BCUT2D eigenvalue weighted by atomic mass is 10.2. The summed E-state index contributed by atoms with van der Waals surface area (Å²) in [7, 11) is 0. The van der Waals surface area contributed by atoms with Gasteiger partial charge in [-0.1, -0.05) is 12.1 Å². The second-order valence-electron chi connectivity index (χ2n) is 4.80. The van der Waals surface area contributed by atoms with Gasteiger partial charge < -0.3 is 10.1 Å². The molecule has 1 aromatic carbocycles. The lowest BCUT2D eigenvalue weighted by Gasteiger charge is -2.18. The smallest absolute Gasteiger partial charge is 0.246 e. The summed E-state index contributed by atoms with van der Waals surface area (Å²) in [6.45, 7) is 6.08. The quantitative estimate of drug-likeness (QED) is 0.875. The zero-order valence-electron chi connectivity index (χ0n) is 10.4. The molecule has 0 atom stereocenters. The second kappa shape index (κ2) is 5.77. The first-order valence-electron chi connectivity index (χ1n) is 5.52. The summed E-state index contributed by atoms with van der Waals surface area (Å²) in [5.41, 5.74) is 0.531. The Morgan fingerprint density at radius 2 is 1.88 bits per heavy atom. The molecule has 0 bridgehead atoms. The number of benzene rings is 1. The molecule has 94 valence electrons. The lowest BCUT2D eigenvalue weighted by Crippen LogP contribution is -2.31. The van der Waals surface area contributed by atoms with Crippen LogP contribution in [0.2, 0.25) is 0 Å². The summed E-state index contributed by atoms with van der Waals surface area (Å²) in [6, 6.07) is 6.01. The Hall–Kier alpha value is -1.42. The number of rotatable bonds is 4. The molecule has 1 rings (SSSR count). The molecular formula is C13H18FNO2. The highest BCUT2D eigenvalue weighted by Gasteiger charge is 2.12. The predicted molar refractivity (Wildman–Crippen MR) is 64.0 cm³/mol. The predicted octanol–water partition coefficient (Wildman–Crippen LogP) is 2.26. The van der Waals surface area contributed by atoms with E-state index in [2.05, 4.69) is 5.32 Å². The number of carbonyl (C=O) groups excluding carboxylic acids is 1. The van der Waals surface area contributed by atoms with E-state index in [-0.39, 0.29) is 23.9 Å². The molecule has 0 unspecified atom stereocenters. The van der Waals surface area contributed by atoms with Crippen LogP contribution in [-0.4, -0.2) is 18.1 Å². The van der Waals surface area contributed by atoms with Gasteiger partial charge in [-0.3, -0.25) is 4.79 Å². The maximum absolute atomic E-state index is 12.6. The van der Waals surface area contributed by atoms with Crippen LogP contribution >= 0.6 is 0 Å². The second-order valence-corrected chi connectivity index (χ2v) is 4.80.